The summed E-state index contributed by atoms with van der Waals surface area (Å²) in [5.41, 5.74) is 0. The van der Waals surface area contributed by atoms with E-state index in [1.165, 1.54) is 12.8 Å². The van der Waals surface area contributed by atoms with Gasteiger partial charge in [0, 0.05) is 0 Å². The molecule has 0 amide bonds. The van der Waals surface area contributed by atoms with Crippen molar-refractivity contribution in [1.82, 2.24) is 0 Å². The van der Waals surface area contributed by atoms with E-state index in [4.69, 9.17) is 4.52 Å². The van der Waals surface area contributed by atoms with Gasteiger partial charge in [0.25, 0.3) is 0 Å². The van der Waals surface area contributed by atoms with Gasteiger partial charge in [-0.15, -0.1) is 4.52 Å². The first-order valence-corrected chi connectivity index (χ1v) is 4.93. The second-order valence-corrected chi connectivity index (χ2v) is 3.12. The summed E-state index contributed by atoms with van der Waals surface area (Å²) in [6.45, 7) is 4.37. The Kier molecular flexibility index (Phi) is 6.23. The van der Waals surface area contributed by atoms with Crippen LogP contribution < -0.4 is 0 Å². The van der Waals surface area contributed by atoms with Crippen molar-refractivity contribution in [2.75, 3.05) is 13.3 Å². The average molecular weight is 149 g/mol. The van der Waals surface area contributed by atoms with Crippen LogP contribution in [0.15, 0.2) is 0 Å². The fraction of sp³-hybridized carbons (Fsp3) is 1.00. The van der Waals surface area contributed by atoms with Gasteiger partial charge in [0.2, 0.25) is 0 Å². The molecule has 0 aromatic rings. The highest BCUT2D eigenvalue weighted by atomic mass is 31.1. The molecule has 0 bridgehead atoms. The first kappa shape index (κ1) is 9.06. The quantitative estimate of drug-likeness (QED) is 0.443. The predicted octanol–water partition coefficient (Wildman–Crippen LogP) is 2.57. The van der Waals surface area contributed by atoms with Crippen molar-refractivity contribution < 1.29 is 9.09 Å². The lowest BCUT2D eigenvalue weighted by molar-refractivity contribution is 0.321. The van der Waals surface area contributed by atoms with Crippen molar-refractivity contribution in [2.45, 2.75) is 26.2 Å². The summed E-state index contributed by atoms with van der Waals surface area (Å²) in [5.74, 6) is 0. The maximum Gasteiger partial charge on any atom is 0.504 e. The molecular formula is C6H14O2P+. The highest BCUT2D eigenvalue weighted by Crippen LogP contribution is 2.15. The Morgan fingerprint density at radius 3 is 2.56 bits per heavy atom. The van der Waals surface area contributed by atoms with E-state index in [0.29, 0.717) is 6.61 Å². The molecule has 3 heteroatoms. The molecule has 0 aromatic heterocycles. The summed E-state index contributed by atoms with van der Waals surface area (Å²) < 4.78 is 15.2. The van der Waals surface area contributed by atoms with Gasteiger partial charge in [-0.3, -0.25) is 0 Å². The highest BCUT2D eigenvalue weighted by molar-refractivity contribution is 7.38. The Hall–Kier alpha value is 0.0600. The average Bonchev–Trinajstić information content (AvgIpc) is 1.80. The van der Waals surface area contributed by atoms with E-state index >= 15 is 0 Å². The summed E-state index contributed by atoms with van der Waals surface area (Å²) >= 11 is 0. The molecule has 0 rings (SSSR count). The Balaban J connectivity index is 2.83. The second kappa shape index (κ2) is 6.18. The van der Waals surface area contributed by atoms with Gasteiger partial charge in [-0.2, -0.15) is 0 Å². The fourth-order valence-corrected chi connectivity index (χ4v) is 0.931. The normalized spacial score (nSPS) is 11.6. The van der Waals surface area contributed by atoms with Gasteiger partial charge < -0.3 is 0 Å². The molecule has 0 aliphatic rings. The van der Waals surface area contributed by atoms with Crippen LogP contribution in [0.4, 0.5) is 0 Å². The van der Waals surface area contributed by atoms with Crippen molar-refractivity contribution in [2.24, 2.45) is 0 Å². The minimum Gasteiger partial charge on any atom is -0.147 e. The zero-order valence-electron chi connectivity index (χ0n) is 6.09. The predicted molar refractivity (Wildman–Crippen MR) is 39.0 cm³/mol. The molecule has 0 fully saturated rings. The van der Waals surface area contributed by atoms with Crippen LogP contribution in [0.5, 0.6) is 0 Å². The molecule has 1 atom stereocenters. The van der Waals surface area contributed by atoms with Gasteiger partial charge >= 0.3 is 8.03 Å². The third kappa shape index (κ3) is 8.06. The lowest BCUT2D eigenvalue weighted by Gasteiger charge is -1.88. The van der Waals surface area contributed by atoms with Gasteiger partial charge in [-0.1, -0.05) is 19.8 Å². The molecule has 0 spiro atoms. The summed E-state index contributed by atoms with van der Waals surface area (Å²) in [5, 5.41) is 0. The zero-order chi connectivity index (χ0) is 7.11. The van der Waals surface area contributed by atoms with Crippen LogP contribution in [0.25, 0.3) is 0 Å². The highest BCUT2D eigenvalue weighted by Gasteiger charge is 2.03. The van der Waals surface area contributed by atoms with E-state index in [1.807, 2.05) is 0 Å². The van der Waals surface area contributed by atoms with Crippen LogP contribution in [-0.4, -0.2) is 13.3 Å². The van der Waals surface area contributed by atoms with Crippen LogP contribution in [0, 0.1) is 0 Å². The monoisotopic (exact) mass is 149 g/mol. The molecule has 0 N–H and O–H groups in total. The smallest absolute Gasteiger partial charge is 0.147 e. The lowest BCUT2D eigenvalue weighted by atomic mass is 10.3. The second-order valence-electron chi connectivity index (χ2n) is 1.98. The van der Waals surface area contributed by atoms with E-state index in [2.05, 4.69) is 6.92 Å². The Labute approximate surface area is 57.5 Å². The van der Waals surface area contributed by atoms with Crippen LogP contribution >= 0.6 is 8.03 Å². The van der Waals surface area contributed by atoms with Gasteiger partial charge in [0.05, 0.1) is 0 Å². The van der Waals surface area contributed by atoms with E-state index in [9.17, 15) is 4.57 Å². The third-order valence-corrected chi connectivity index (χ3v) is 1.57. The van der Waals surface area contributed by atoms with Crippen molar-refractivity contribution in [3.05, 3.63) is 0 Å². The molecule has 54 valence electrons. The Bertz CT molecular complexity index is 83.1. The van der Waals surface area contributed by atoms with Crippen LogP contribution in [0.1, 0.15) is 26.2 Å². The molecule has 0 radical (unpaired) electrons. The van der Waals surface area contributed by atoms with E-state index in [-0.39, 0.29) is 0 Å². The number of unbranched alkanes of at least 4 members (excludes halogenated alkanes) is 2. The lowest BCUT2D eigenvalue weighted by Crippen LogP contribution is -1.84. The van der Waals surface area contributed by atoms with Crippen molar-refractivity contribution in [3.8, 4) is 0 Å². The maximum atomic E-state index is 10.3. The molecule has 0 saturated heterocycles. The first-order chi connectivity index (χ1) is 4.27. The molecule has 0 saturated carbocycles. The standard InChI is InChI=1S/C6H14O2P/c1-3-4-5-6-8-9(2)7/h3-6H2,1-2H3/q+1. The number of hydrogen-bond donors (Lipinski definition) is 0. The number of hydrogen-bond acceptors (Lipinski definition) is 2. The van der Waals surface area contributed by atoms with Gasteiger partial charge in [0.1, 0.15) is 6.61 Å². The topological polar surface area (TPSA) is 26.3 Å². The van der Waals surface area contributed by atoms with E-state index in [1.54, 1.807) is 6.66 Å². The van der Waals surface area contributed by atoms with Crippen molar-refractivity contribution in [3.63, 3.8) is 0 Å². The minimum absolute atomic E-state index is 0.652. The Morgan fingerprint density at radius 2 is 2.11 bits per heavy atom. The molecule has 1 unspecified atom stereocenters. The molecule has 0 aromatic carbocycles. The SMILES string of the molecule is CCCCCO[P+](C)=O. The fourth-order valence-electron chi connectivity index (χ4n) is 0.545. The summed E-state index contributed by atoms with van der Waals surface area (Å²) in [6, 6.07) is 0. The van der Waals surface area contributed by atoms with Gasteiger partial charge in [-0.05, 0) is 11.0 Å². The Morgan fingerprint density at radius 1 is 1.44 bits per heavy atom. The molecule has 9 heavy (non-hydrogen) atoms. The first-order valence-electron chi connectivity index (χ1n) is 3.31. The van der Waals surface area contributed by atoms with E-state index < -0.39 is 8.03 Å². The zero-order valence-corrected chi connectivity index (χ0v) is 6.99. The number of rotatable bonds is 5. The van der Waals surface area contributed by atoms with Crippen LogP contribution in [0.2, 0.25) is 0 Å². The molecule has 2 nitrogen and oxygen atoms in total. The van der Waals surface area contributed by atoms with Gasteiger partial charge in [0.15, 0.2) is 6.66 Å². The van der Waals surface area contributed by atoms with Crippen LogP contribution in [-0.2, 0) is 9.09 Å². The van der Waals surface area contributed by atoms with E-state index in [0.717, 1.165) is 6.42 Å². The largest absolute Gasteiger partial charge is 0.504 e. The summed E-state index contributed by atoms with van der Waals surface area (Å²) in [7, 11) is -1.37. The third-order valence-electron chi connectivity index (χ3n) is 1.02. The maximum absolute atomic E-state index is 10.3. The summed E-state index contributed by atoms with van der Waals surface area (Å²) in [4.78, 5) is 0. The molecular weight excluding hydrogens is 135 g/mol. The molecule has 0 heterocycles. The van der Waals surface area contributed by atoms with Crippen molar-refractivity contribution >= 4 is 8.03 Å². The molecule has 0 aliphatic heterocycles. The minimum atomic E-state index is -1.37. The van der Waals surface area contributed by atoms with Crippen LogP contribution in [0.3, 0.4) is 0 Å². The van der Waals surface area contributed by atoms with Gasteiger partial charge in [-0.25, -0.2) is 0 Å². The summed E-state index contributed by atoms with van der Waals surface area (Å²) in [6.07, 6.45) is 3.39. The van der Waals surface area contributed by atoms with Crippen molar-refractivity contribution in [1.29, 1.82) is 0 Å². The molecule has 0 aliphatic carbocycles.